The summed E-state index contributed by atoms with van der Waals surface area (Å²) in [6.45, 7) is 4.96. The van der Waals surface area contributed by atoms with Crippen LogP contribution in [-0.4, -0.2) is 45.6 Å². The molecule has 4 rings (SSSR count). The maximum absolute atomic E-state index is 11.8. The highest BCUT2D eigenvalue weighted by molar-refractivity contribution is 6.12. The van der Waals surface area contributed by atoms with E-state index in [9.17, 15) is 4.79 Å². The van der Waals surface area contributed by atoms with Crippen LogP contribution in [0.15, 0.2) is 79.8 Å². The topological polar surface area (TPSA) is 95.8 Å². The molecule has 0 radical (unpaired) electrons. The van der Waals surface area contributed by atoms with Crippen molar-refractivity contribution in [1.82, 2.24) is 14.9 Å². The zero-order valence-electron chi connectivity index (χ0n) is 17.8. The average molecular weight is 429 g/mol. The highest BCUT2D eigenvalue weighted by Gasteiger charge is 2.26. The Bertz CT molecular complexity index is 1090. The molecule has 1 aliphatic heterocycles. The molecule has 0 saturated carbocycles. The van der Waals surface area contributed by atoms with E-state index in [-0.39, 0.29) is 5.91 Å². The number of hydrogen-bond acceptors (Lipinski definition) is 5. The Morgan fingerprint density at radius 1 is 1.09 bits per heavy atom. The third-order valence-electron chi connectivity index (χ3n) is 5.55. The first-order valence-corrected chi connectivity index (χ1v) is 10.6. The molecule has 2 aromatic carbocycles. The predicted octanol–water partition coefficient (Wildman–Crippen LogP) is 3.06. The monoisotopic (exact) mass is 428 g/mol. The predicted molar refractivity (Wildman–Crippen MR) is 122 cm³/mol. The largest absolute Gasteiger partial charge is 0.457 e. The molecule has 3 N–H and O–H groups in total. The van der Waals surface area contributed by atoms with E-state index in [4.69, 9.17) is 10.1 Å². The fourth-order valence-electron chi connectivity index (χ4n) is 3.77. The summed E-state index contributed by atoms with van der Waals surface area (Å²) in [4.78, 5) is 22.2. The van der Waals surface area contributed by atoms with Gasteiger partial charge in [-0.15, -0.1) is 0 Å². The molecule has 1 fully saturated rings. The molecule has 7 nitrogen and oxygen atoms in total. The van der Waals surface area contributed by atoms with Crippen molar-refractivity contribution in [2.24, 2.45) is 0 Å². The number of aromatic nitrogens is 2. The van der Waals surface area contributed by atoms with Crippen LogP contribution in [0.1, 0.15) is 24.0 Å². The number of quaternary nitrogens is 1. The number of amides is 1. The smallest absolute Gasteiger partial charge is 0.245 e. The van der Waals surface area contributed by atoms with E-state index in [1.165, 1.54) is 12.4 Å². The van der Waals surface area contributed by atoms with Gasteiger partial charge in [-0.3, -0.25) is 15.5 Å². The number of hydrogen-bond donors (Lipinski definition) is 2. The first-order valence-electron chi connectivity index (χ1n) is 10.6. The summed E-state index contributed by atoms with van der Waals surface area (Å²) in [7, 11) is 0. The summed E-state index contributed by atoms with van der Waals surface area (Å²) < 4.78 is 5.84. The van der Waals surface area contributed by atoms with Crippen LogP contribution in [0.5, 0.6) is 11.5 Å². The Balaban J connectivity index is 1.43. The molecule has 32 heavy (non-hydrogen) atoms. The van der Waals surface area contributed by atoms with Crippen molar-refractivity contribution in [1.29, 1.82) is 5.41 Å². The average Bonchev–Trinajstić information content (AvgIpc) is 2.85. The maximum atomic E-state index is 11.8. The summed E-state index contributed by atoms with van der Waals surface area (Å²) in [5.41, 5.74) is 1.82. The number of nitrogens with zero attached hydrogens (tertiary/aromatic N) is 3. The van der Waals surface area contributed by atoms with Crippen LogP contribution >= 0.6 is 0 Å². The second-order valence-electron chi connectivity index (χ2n) is 7.67. The first-order chi connectivity index (χ1) is 15.6. The molecule has 1 aliphatic rings. The molecular weight excluding hydrogens is 402 g/mol. The molecule has 2 heterocycles. The van der Waals surface area contributed by atoms with Gasteiger partial charge in [-0.2, -0.15) is 4.98 Å². The number of rotatable bonds is 7. The number of likely N-dealkylation sites (tertiary alicyclic amines) is 1. The molecule has 162 valence electrons. The molecule has 0 atom stereocenters. The molecule has 0 unspecified atom stereocenters. The number of nitrogens with one attached hydrogen (secondary N) is 1. The molecule has 1 saturated heterocycles. The highest BCUT2D eigenvalue weighted by Crippen LogP contribution is 2.22. The van der Waals surface area contributed by atoms with Gasteiger partial charge in [0.1, 0.15) is 23.4 Å². The van der Waals surface area contributed by atoms with Crippen LogP contribution < -0.4 is 10.1 Å². The third-order valence-corrected chi connectivity index (χ3v) is 5.55. The van der Waals surface area contributed by atoms with Crippen LogP contribution in [0.3, 0.4) is 0 Å². The van der Waals surface area contributed by atoms with E-state index in [1.54, 1.807) is 6.20 Å². The van der Waals surface area contributed by atoms with Crippen LogP contribution in [0, 0.1) is 5.41 Å². The highest BCUT2D eigenvalue weighted by atomic mass is 16.5. The van der Waals surface area contributed by atoms with Gasteiger partial charge in [0, 0.05) is 37.7 Å². The Hall–Kier alpha value is -3.84. The Labute approximate surface area is 187 Å². The Morgan fingerprint density at radius 3 is 2.47 bits per heavy atom. The second-order valence-corrected chi connectivity index (χ2v) is 7.67. The van der Waals surface area contributed by atoms with Gasteiger partial charge in [-0.25, -0.2) is 4.98 Å². The lowest BCUT2D eigenvalue weighted by Crippen LogP contribution is -2.86. The van der Waals surface area contributed by atoms with E-state index in [1.807, 2.05) is 59.5 Å². The van der Waals surface area contributed by atoms with Gasteiger partial charge in [0.25, 0.3) is 0 Å². The lowest BCUT2D eigenvalue weighted by molar-refractivity contribution is -0.617. The fourth-order valence-corrected chi connectivity index (χ4v) is 3.77. The van der Waals surface area contributed by atoms with Gasteiger partial charge < -0.3 is 9.64 Å². The van der Waals surface area contributed by atoms with E-state index in [2.05, 4.69) is 21.9 Å². The van der Waals surface area contributed by atoms with Gasteiger partial charge in [0.05, 0.1) is 11.8 Å². The van der Waals surface area contributed by atoms with E-state index < -0.39 is 0 Å². The van der Waals surface area contributed by atoms with Gasteiger partial charge >= 0.3 is 0 Å². The number of benzene rings is 2. The zero-order chi connectivity index (χ0) is 22.3. The summed E-state index contributed by atoms with van der Waals surface area (Å²) in [5.74, 6) is 2.21. The summed E-state index contributed by atoms with van der Waals surface area (Å²) >= 11 is 0. The number of ether oxygens (including phenoxy) is 1. The van der Waals surface area contributed by atoms with Crippen molar-refractivity contribution in [3.8, 4) is 11.5 Å². The van der Waals surface area contributed by atoms with Crippen LogP contribution in [0.4, 0.5) is 5.82 Å². The summed E-state index contributed by atoms with van der Waals surface area (Å²) in [6, 6.07) is 17.3. The fraction of sp³-hybridized carbons (Fsp3) is 0.200. The minimum Gasteiger partial charge on any atom is -0.457 e. The maximum Gasteiger partial charge on any atom is 0.245 e. The van der Waals surface area contributed by atoms with Gasteiger partial charge in [-0.05, 0) is 42.5 Å². The SMILES string of the molecule is C=CC(=O)N1CCC([NH2+]c2ncncc2C(=N)c2ccc(Oc3ccccc3)cc2)CC1. The number of carbonyl (C=O) groups excluding carboxylic acids is 1. The third kappa shape index (κ3) is 5.07. The lowest BCUT2D eigenvalue weighted by Gasteiger charge is -2.29. The molecule has 0 bridgehead atoms. The van der Waals surface area contributed by atoms with E-state index in [0.717, 1.165) is 30.0 Å². The zero-order valence-corrected chi connectivity index (χ0v) is 17.8. The second kappa shape index (κ2) is 9.98. The molecular formula is C25H26N5O2+. The van der Waals surface area contributed by atoms with Crippen LogP contribution in [-0.2, 0) is 4.79 Å². The van der Waals surface area contributed by atoms with Crippen molar-refractivity contribution >= 4 is 17.4 Å². The molecule has 7 heteroatoms. The van der Waals surface area contributed by atoms with Crippen molar-refractivity contribution in [2.45, 2.75) is 18.9 Å². The molecule has 1 aromatic heterocycles. The van der Waals surface area contributed by atoms with Gasteiger partial charge in [0.15, 0.2) is 0 Å². The number of para-hydroxylation sites is 1. The summed E-state index contributed by atoms with van der Waals surface area (Å²) in [5, 5.41) is 10.8. The molecule has 1 amide bonds. The van der Waals surface area contributed by atoms with Gasteiger partial charge in [0.2, 0.25) is 11.7 Å². The number of piperidine rings is 1. The van der Waals surface area contributed by atoms with Crippen molar-refractivity contribution in [3.05, 3.63) is 90.9 Å². The van der Waals surface area contributed by atoms with Crippen molar-refractivity contribution in [3.63, 3.8) is 0 Å². The standard InChI is InChI=1S/C25H25N5O2/c1-2-23(31)30-14-12-19(13-15-30)29-25-22(16-27-17-28-25)24(26)18-8-10-21(11-9-18)32-20-6-4-3-5-7-20/h2-11,16-17,19,26H,1,12-15H2,(H,27,28,29)/p+1. The number of nitrogens with two attached hydrogens (primary N) is 1. The van der Waals surface area contributed by atoms with Crippen molar-refractivity contribution in [2.75, 3.05) is 13.1 Å². The normalized spacial score (nSPS) is 14.1. The first kappa shape index (κ1) is 21.4. The van der Waals surface area contributed by atoms with E-state index in [0.29, 0.717) is 36.2 Å². The molecule has 0 spiro atoms. The summed E-state index contributed by atoms with van der Waals surface area (Å²) in [6.07, 6.45) is 6.29. The Kier molecular flexibility index (Phi) is 6.67. The molecule has 3 aromatic rings. The van der Waals surface area contributed by atoms with Crippen molar-refractivity contribution < 1.29 is 14.8 Å². The molecule has 0 aliphatic carbocycles. The quantitative estimate of drug-likeness (QED) is 0.447. The minimum absolute atomic E-state index is 0.0207. The van der Waals surface area contributed by atoms with Gasteiger partial charge in [-0.1, -0.05) is 24.8 Å². The van der Waals surface area contributed by atoms with Crippen LogP contribution in [0.25, 0.3) is 0 Å². The van der Waals surface area contributed by atoms with E-state index >= 15 is 0 Å². The van der Waals surface area contributed by atoms with Crippen LogP contribution in [0.2, 0.25) is 0 Å². The minimum atomic E-state index is -0.0207. The Morgan fingerprint density at radius 2 is 1.78 bits per heavy atom. The number of carbonyl (C=O) groups is 1. The lowest BCUT2D eigenvalue weighted by atomic mass is 10.0.